The highest BCUT2D eigenvalue weighted by molar-refractivity contribution is 6.04. The maximum Gasteiger partial charge on any atom is 0.101 e. The topological polar surface area (TPSA) is 51.8 Å². The summed E-state index contributed by atoms with van der Waals surface area (Å²) in [5.41, 5.74) is 10.0. The Labute approximate surface area is 223 Å². The zero-order chi connectivity index (χ0) is 26.1. The van der Waals surface area contributed by atoms with Gasteiger partial charge in [0.2, 0.25) is 0 Å². The van der Waals surface area contributed by atoms with Crippen LogP contribution in [0.4, 0.5) is 0 Å². The fourth-order valence-corrected chi connectivity index (χ4v) is 6.99. The first kappa shape index (κ1) is 23.2. The zero-order valence-electron chi connectivity index (χ0n) is 22.6. The number of nitrogens with zero attached hydrogens (tertiary/aromatic N) is 6. The molecule has 8 rings (SSSR count). The molecule has 3 unspecified atom stereocenters. The molecule has 3 fully saturated rings. The van der Waals surface area contributed by atoms with E-state index in [2.05, 4.69) is 90.7 Å². The third-order valence-corrected chi connectivity index (χ3v) is 8.77. The molecule has 1 aliphatic carbocycles. The third kappa shape index (κ3) is 3.57. The van der Waals surface area contributed by atoms with E-state index >= 15 is 0 Å². The molecule has 2 bridgehead atoms. The number of rotatable bonds is 4. The van der Waals surface area contributed by atoms with Crippen LogP contribution in [0.3, 0.4) is 0 Å². The van der Waals surface area contributed by atoms with Gasteiger partial charge in [-0.2, -0.15) is 10.2 Å². The van der Waals surface area contributed by atoms with E-state index in [1.807, 2.05) is 17.9 Å². The second-order valence-corrected chi connectivity index (χ2v) is 11.4. The number of aromatic nitrogens is 5. The summed E-state index contributed by atoms with van der Waals surface area (Å²) >= 11 is 0. The molecule has 3 aliphatic rings. The van der Waals surface area contributed by atoms with Gasteiger partial charge in [-0.15, -0.1) is 0 Å². The molecule has 6 heteroatoms. The van der Waals surface area contributed by atoms with Crippen molar-refractivity contribution in [3.05, 3.63) is 84.0 Å². The van der Waals surface area contributed by atoms with Gasteiger partial charge in [0.25, 0.3) is 0 Å². The van der Waals surface area contributed by atoms with Gasteiger partial charge in [-0.05, 0) is 81.3 Å². The van der Waals surface area contributed by atoms with Gasteiger partial charge in [-0.1, -0.05) is 24.8 Å². The van der Waals surface area contributed by atoms with Gasteiger partial charge in [0.15, 0.2) is 0 Å². The van der Waals surface area contributed by atoms with E-state index in [0.717, 1.165) is 45.3 Å². The Morgan fingerprint density at radius 3 is 2.63 bits per heavy atom. The van der Waals surface area contributed by atoms with Gasteiger partial charge >= 0.3 is 0 Å². The smallest absolute Gasteiger partial charge is 0.101 e. The molecule has 38 heavy (non-hydrogen) atoms. The number of benzene rings is 2. The minimum absolute atomic E-state index is 0.524. The van der Waals surface area contributed by atoms with E-state index in [0.29, 0.717) is 17.9 Å². The standard InChI is InChI=1S/C32H34N6/c1-19(2)37-17-22-9-10-23(37)15-26(22)29-12-11-24(16-33-29)38-32-21(4)7-6-8-25(32)31(35-38)27-13-20(3)14-30-28(27)18-36(5)34-30/h6-8,11-14,16,18,22-23,26H,1,9-10,15,17H2,2-5H3. The molecule has 0 amide bonds. The molecule has 3 aromatic heterocycles. The van der Waals surface area contributed by atoms with Gasteiger partial charge in [0, 0.05) is 59.5 Å². The molecule has 5 aromatic rings. The van der Waals surface area contributed by atoms with Crippen LogP contribution in [0.15, 0.2) is 67.1 Å². The quantitative estimate of drug-likeness (QED) is 0.275. The number of para-hydroxylation sites is 1. The third-order valence-electron chi connectivity index (χ3n) is 8.77. The summed E-state index contributed by atoms with van der Waals surface area (Å²) < 4.78 is 3.96. The van der Waals surface area contributed by atoms with Crippen molar-refractivity contribution < 1.29 is 0 Å². The van der Waals surface area contributed by atoms with Crippen molar-refractivity contribution in [3.8, 4) is 16.9 Å². The average molecular weight is 503 g/mol. The van der Waals surface area contributed by atoms with Crippen LogP contribution in [-0.2, 0) is 7.05 Å². The fourth-order valence-electron chi connectivity index (χ4n) is 6.99. The van der Waals surface area contributed by atoms with Gasteiger partial charge in [-0.3, -0.25) is 9.67 Å². The molecule has 2 aromatic carbocycles. The minimum atomic E-state index is 0.524. The number of hydrogen-bond donors (Lipinski definition) is 0. The Hall–Kier alpha value is -3.93. The molecule has 192 valence electrons. The lowest BCUT2D eigenvalue weighted by atomic mass is 9.70. The van der Waals surface area contributed by atoms with Crippen LogP contribution in [0.1, 0.15) is 48.9 Å². The van der Waals surface area contributed by atoms with Crippen LogP contribution >= 0.6 is 0 Å². The monoisotopic (exact) mass is 502 g/mol. The number of fused-ring (bicyclic) bond motifs is 5. The van der Waals surface area contributed by atoms with Crippen LogP contribution in [0.5, 0.6) is 0 Å². The van der Waals surface area contributed by atoms with Crippen LogP contribution in [0.2, 0.25) is 0 Å². The molecule has 0 N–H and O–H groups in total. The van der Waals surface area contributed by atoms with Gasteiger partial charge < -0.3 is 4.90 Å². The van der Waals surface area contributed by atoms with Crippen molar-refractivity contribution >= 4 is 21.8 Å². The number of aryl methyl sites for hydroxylation is 3. The van der Waals surface area contributed by atoms with Gasteiger partial charge in [0.05, 0.1) is 22.9 Å². The lowest BCUT2D eigenvalue weighted by molar-refractivity contribution is 0.0586. The highest BCUT2D eigenvalue weighted by atomic mass is 15.3. The van der Waals surface area contributed by atoms with E-state index in [4.69, 9.17) is 10.1 Å². The summed E-state index contributed by atoms with van der Waals surface area (Å²) in [6.45, 7) is 11.8. The first-order chi connectivity index (χ1) is 18.4. The Kier molecular flexibility index (Phi) is 5.22. The van der Waals surface area contributed by atoms with Crippen molar-refractivity contribution in [1.82, 2.24) is 29.4 Å². The van der Waals surface area contributed by atoms with Crippen LogP contribution in [0.25, 0.3) is 38.8 Å². The first-order valence-corrected chi connectivity index (χ1v) is 13.7. The van der Waals surface area contributed by atoms with E-state index in [-0.39, 0.29) is 0 Å². The van der Waals surface area contributed by atoms with E-state index < -0.39 is 0 Å². The van der Waals surface area contributed by atoms with E-state index in [9.17, 15) is 0 Å². The van der Waals surface area contributed by atoms with Gasteiger partial charge in [-0.25, -0.2) is 4.68 Å². The maximum atomic E-state index is 5.22. The van der Waals surface area contributed by atoms with Crippen LogP contribution in [-0.4, -0.2) is 42.0 Å². The lowest BCUT2D eigenvalue weighted by Crippen LogP contribution is -2.50. The fraction of sp³-hybridized carbons (Fsp3) is 0.344. The predicted molar refractivity (Wildman–Crippen MR) is 153 cm³/mol. The highest BCUT2D eigenvalue weighted by Crippen LogP contribution is 2.45. The summed E-state index contributed by atoms with van der Waals surface area (Å²) in [4.78, 5) is 7.56. The summed E-state index contributed by atoms with van der Waals surface area (Å²) in [6.07, 6.45) is 7.85. The number of pyridine rings is 1. The summed E-state index contributed by atoms with van der Waals surface area (Å²) in [6, 6.07) is 15.9. The second-order valence-electron chi connectivity index (χ2n) is 11.4. The van der Waals surface area contributed by atoms with Crippen LogP contribution < -0.4 is 0 Å². The maximum absolute atomic E-state index is 5.22. The Morgan fingerprint density at radius 2 is 1.89 bits per heavy atom. The van der Waals surface area contributed by atoms with E-state index in [1.54, 1.807) is 0 Å². The Bertz CT molecular complexity index is 1710. The second kappa shape index (κ2) is 8.55. The first-order valence-electron chi connectivity index (χ1n) is 13.7. The van der Waals surface area contributed by atoms with Gasteiger partial charge in [0.1, 0.15) is 5.69 Å². The van der Waals surface area contributed by atoms with E-state index in [1.165, 1.54) is 41.8 Å². The Morgan fingerprint density at radius 1 is 1.03 bits per heavy atom. The van der Waals surface area contributed by atoms with Crippen LogP contribution in [0, 0.1) is 19.8 Å². The van der Waals surface area contributed by atoms with Crippen molar-refractivity contribution in [2.45, 2.75) is 52.0 Å². The van der Waals surface area contributed by atoms with Crippen molar-refractivity contribution in [2.75, 3.05) is 6.54 Å². The normalized spacial score (nSPS) is 21.1. The van der Waals surface area contributed by atoms with Crippen molar-refractivity contribution in [3.63, 3.8) is 0 Å². The molecule has 2 saturated heterocycles. The predicted octanol–water partition coefficient (Wildman–Crippen LogP) is 6.69. The number of allylic oxidation sites excluding steroid dienone is 1. The minimum Gasteiger partial charge on any atom is -0.372 e. The molecular formula is C32H34N6. The number of hydrogen-bond acceptors (Lipinski definition) is 4. The zero-order valence-corrected chi connectivity index (χ0v) is 22.6. The average Bonchev–Trinajstić information content (AvgIpc) is 3.49. The molecule has 2 aliphatic heterocycles. The molecule has 1 saturated carbocycles. The summed E-state index contributed by atoms with van der Waals surface area (Å²) in [7, 11) is 1.97. The lowest BCUT2D eigenvalue weighted by Gasteiger charge is -2.50. The molecule has 0 radical (unpaired) electrons. The molecule has 6 nitrogen and oxygen atoms in total. The largest absolute Gasteiger partial charge is 0.372 e. The van der Waals surface area contributed by atoms with Crippen molar-refractivity contribution in [2.24, 2.45) is 13.0 Å². The molecular weight excluding hydrogens is 468 g/mol. The molecule has 3 atom stereocenters. The summed E-state index contributed by atoms with van der Waals surface area (Å²) in [5, 5.41) is 12.2. The highest BCUT2D eigenvalue weighted by Gasteiger charge is 2.41. The number of piperidine rings is 2. The van der Waals surface area contributed by atoms with Crippen molar-refractivity contribution in [1.29, 1.82) is 0 Å². The summed E-state index contributed by atoms with van der Waals surface area (Å²) in [5.74, 6) is 1.17. The Balaban J connectivity index is 1.31. The molecule has 0 spiro atoms. The molecule has 5 heterocycles. The SMILES string of the molecule is C=C(C)N1CC2CCC1CC2c1ccc(-n2nc(-c3cc(C)cc4nn(C)cc34)c3cccc(C)c32)cn1.